The molecule has 11 heteroatoms. The molecule has 0 saturated carbocycles. The summed E-state index contributed by atoms with van der Waals surface area (Å²) in [5.74, 6) is -4.12. The maximum Gasteiger partial charge on any atom is 0.303 e. The smallest absolute Gasteiger partial charge is 0.303 e. The first-order valence-corrected chi connectivity index (χ1v) is 12.7. The highest BCUT2D eigenvalue weighted by atomic mass is 19.1. The molecular weight excluding hydrogens is 518 g/mol. The van der Waals surface area contributed by atoms with Crippen LogP contribution in [0.3, 0.4) is 0 Å². The van der Waals surface area contributed by atoms with E-state index >= 15 is 0 Å². The average Bonchev–Trinajstić information content (AvgIpc) is 2.89. The van der Waals surface area contributed by atoms with Gasteiger partial charge in [-0.2, -0.15) is 0 Å². The number of hydrogen-bond acceptors (Lipinski definition) is 6. The normalized spacial score (nSPS) is 16.3. The number of pyridine rings is 1. The summed E-state index contributed by atoms with van der Waals surface area (Å²) in [5.41, 5.74) is -0.374. The van der Waals surface area contributed by atoms with Gasteiger partial charge >= 0.3 is 5.97 Å². The van der Waals surface area contributed by atoms with Crippen LogP contribution in [-0.4, -0.2) is 59.4 Å². The van der Waals surface area contributed by atoms with Crippen LogP contribution in [-0.2, 0) is 4.79 Å². The highest BCUT2D eigenvalue weighted by molar-refractivity contribution is 5.84. The summed E-state index contributed by atoms with van der Waals surface area (Å²) < 4.78 is 60.9. The fraction of sp³-hybridized carbons (Fsp3) is 0.429. The fourth-order valence-corrected chi connectivity index (χ4v) is 5.36. The molecule has 0 bridgehead atoms. The van der Waals surface area contributed by atoms with Gasteiger partial charge in [-0.25, -0.2) is 17.6 Å². The molecule has 1 aromatic heterocycles. The Morgan fingerprint density at radius 1 is 1.13 bits per heavy atom. The lowest BCUT2D eigenvalue weighted by molar-refractivity contribution is -0.141. The number of hydrogen-bond donors (Lipinski definition) is 3. The number of fused-ring (bicyclic) bond motifs is 1. The predicted molar refractivity (Wildman–Crippen MR) is 138 cm³/mol. The maximum atomic E-state index is 14.8. The summed E-state index contributed by atoms with van der Waals surface area (Å²) in [5, 5.41) is 23.7. The SMILES string of the molecule is COc1ccc2ncc(F)c([C@@H](O)CCC3(CC(=O)O)CCN(CCNc4c(F)cc(F)cc4F)CC3)c2c1. The zero-order valence-corrected chi connectivity index (χ0v) is 21.5. The Morgan fingerprint density at radius 3 is 2.46 bits per heavy atom. The van der Waals surface area contributed by atoms with E-state index in [1.807, 2.05) is 4.90 Å². The molecule has 7 nitrogen and oxygen atoms in total. The number of nitrogens with zero attached hydrogens (tertiary/aromatic N) is 2. The number of aliphatic hydroxyl groups is 1. The van der Waals surface area contributed by atoms with Gasteiger partial charge in [0.05, 0.1) is 31.3 Å². The summed E-state index contributed by atoms with van der Waals surface area (Å²) >= 11 is 0. The van der Waals surface area contributed by atoms with Gasteiger partial charge in [0.1, 0.15) is 23.1 Å². The van der Waals surface area contributed by atoms with Crippen molar-refractivity contribution in [3.8, 4) is 5.75 Å². The second kappa shape index (κ2) is 12.2. The molecule has 210 valence electrons. The van der Waals surface area contributed by atoms with E-state index in [4.69, 9.17) is 4.74 Å². The van der Waals surface area contributed by atoms with Gasteiger partial charge in [0.25, 0.3) is 0 Å². The van der Waals surface area contributed by atoms with Crippen molar-refractivity contribution in [1.82, 2.24) is 9.88 Å². The number of likely N-dealkylation sites (tertiary alicyclic amines) is 1. The average molecular weight is 550 g/mol. The monoisotopic (exact) mass is 549 g/mol. The number of anilines is 1. The lowest BCUT2D eigenvalue weighted by Gasteiger charge is -2.41. The van der Waals surface area contributed by atoms with E-state index in [9.17, 15) is 32.6 Å². The molecule has 0 aliphatic carbocycles. The van der Waals surface area contributed by atoms with Crippen LogP contribution in [0.1, 0.15) is 43.8 Å². The Bertz CT molecular complexity index is 1310. The molecule has 0 unspecified atom stereocenters. The van der Waals surface area contributed by atoms with Crippen LogP contribution >= 0.6 is 0 Å². The van der Waals surface area contributed by atoms with Crippen LogP contribution < -0.4 is 10.1 Å². The van der Waals surface area contributed by atoms with Crippen molar-refractivity contribution in [3.05, 3.63) is 65.4 Å². The van der Waals surface area contributed by atoms with E-state index in [1.165, 1.54) is 7.11 Å². The van der Waals surface area contributed by atoms with Gasteiger partial charge in [-0.05, 0) is 62.4 Å². The number of piperidine rings is 1. The molecule has 39 heavy (non-hydrogen) atoms. The first kappa shape index (κ1) is 28.6. The molecule has 4 rings (SSSR count). The van der Waals surface area contributed by atoms with E-state index < -0.39 is 46.4 Å². The number of nitrogens with one attached hydrogen (secondary N) is 1. The van der Waals surface area contributed by atoms with Crippen molar-refractivity contribution in [1.29, 1.82) is 0 Å². The molecular formula is C28H31F4N3O4. The topological polar surface area (TPSA) is 94.9 Å². The van der Waals surface area contributed by atoms with Crippen LogP contribution in [0, 0.1) is 28.7 Å². The molecule has 0 amide bonds. The molecule has 3 aromatic rings. The van der Waals surface area contributed by atoms with Gasteiger partial charge in [-0.15, -0.1) is 0 Å². The summed E-state index contributed by atoms with van der Waals surface area (Å²) in [6.45, 7) is 1.74. The number of methoxy groups -OCH3 is 1. The van der Waals surface area contributed by atoms with E-state index in [2.05, 4.69) is 10.3 Å². The summed E-state index contributed by atoms with van der Waals surface area (Å²) in [6.07, 6.45) is 1.38. The number of carboxylic acids is 1. The van der Waals surface area contributed by atoms with Crippen molar-refractivity contribution < 1.29 is 37.3 Å². The van der Waals surface area contributed by atoms with Gasteiger partial charge in [0.2, 0.25) is 0 Å². The Balaban J connectivity index is 1.39. The Labute approximate surface area is 223 Å². The van der Waals surface area contributed by atoms with Crippen molar-refractivity contribution >= 4 is 22.6 Å². The van der Waals surface area contributed by atoms with Crippen LogP contribution in [0.15, 0.2) is 36.5 Å². The van der Waals surface area contributed by atoms with Crippen molar-refractivity contribution in [2.45, 2.75) is 38.2 Å². The minimum atomic E-state index is -1.17. The standard InChI is InChI=1S/C28H31F4N3O4/c1-39-18-2-3-23-19(14-18)26(22(32)16-34-23)24(36)4-5-28(15-25(37)38)6-9-35(10-7-28)11-8-33-27-20(30)12-17(29)13-21(27)31/h2-3,12-14,16,24,33,36H,4-11,15H2,1H3,(H,37,38)/t24-/m0/s1. The Hall–Kier alpha value is -3.44. The zero-order valence-electron chi connectivity index (χ0n) is 21.5. The van der Waals surface area contributed by atoms with E-state index in [-0.39, 0.29) is 24.9 Å². The number of aromatic nitrogens is 1. The first-order chi connectivity index (χ1) is 18.6. The second-order valence-electron chi connectivity index (χ2n) is 10.0. The Kier molecular flexibility index (Phi) is 8.91. The van der Waals surface area contributed by atoms with Crippen LogP contribution in [0.2, 0.25) is 0 Å². The third-order valence-electron chi connectivity index (χ3n) is 7.53. The number of carboxylic acid groups (broad SMARTS) is 1. The van der Waals surface area contributed by atoms with Crippen LogP contribution in [0.5, 0.6) is 5.75 Å². The fourth-order valence-electron chi connectivity index (χ4n) is 5.36. The molecule has 1 aliphatic rings. The number of aliphatic hydroxyl groups excluding tert-OH is 1. The molecule has 1 atom stereocenters. The minimum absolute atomic E-state index is 0.0921. The lowest BCUT2D eigenvalue weighted by Crippen LogP contribution is -2.43. The molecule has 1 fully saturated rings. The number of benzene rings is 2. The number of aliphatic carboxylic acids is 1. The number of halogens is 4. The molecule has 1 saturated heterocycles. The predicted octanol–water partition coefficient (Wildman–Crippen LogP) is 5.28. The molecule has 3 N–H and O–H groups in total. The summed E-state index contributed by atoms with van der Waals surface area (Å²) in [4.78, 5) is 17.8. The molecule has 0 radical (unpaired) electrons. The van der Waals surface area contributed by atoms with Gasteiger partial charge in [-0.1, -0.05) is 0 Å². The molecule has 0 spiro atoms. The second-order valence-corrected chi connectivity index (χ2v) is 10.0. The third-order valence-corrected chi connectivity index (χ3v) is 7.53. The van der Waals surface area contributed by atoms with Gasteiger partial charge in [-0.3, -0.25) is 9.78 Å². The maximum absolute atomic E-state index is 14.8. The lowest BCUT2D eigenvalue weighted by atomic mass is 9.71. The van der Waals surface area contributed by atoms with E-state index in [0.717, 1.165) is 6.20 Å². The summed E-state index contributed by atoms with van der Waals surface area (Å²) in [6, 6.07) is 6.21. The van der Waals surface area contributed by atoms with E-state index in [1.54, 1.807) is 18.2 Å². The molecule has 2 heterocycles. The number of carbonyl (C=O) groups is 1. The number of ether oxygens (including phenoxy) is 1. The van der Waals surface area contributed by atoms with Crippen LogP contribution in [0.25, 0.3) is 10.9 Å². The number of rotatable bonds is 11. The van der Waals surface area contributed by atoms with Crippen molar-refractivity contribution in [3.63, 3.8) is 0 Å². The minimum Gasteiger partial charge on any atom is -0.497 e. The largest absolute Gasteiger partial charge is 0.497 e. The molecule has 2 aromatic carbocycles. The molecule has 1 aliphatic heterocycles. The van der Waals surface area contributed by atoms with Crippen LogP contribution in [0.4, 0.5) is 23.2 Å². The van der Waals surface area contributed by atoms with Gasteiger partial charge in [0.15, 0.2) is 11.6 Å². The third kappa shape index (κ3) is 6.77. The quantitative estimate of drug-likeness (QED) is 0.280. The van der Waals surface area contributed by atoms with Gasteiger partial charge < -0.3 is 25.2 Å². The van der Waals surface area contributed by atoms with E-state index in [0.29, 0.717) is 67.7 Å². The highest BCUT2D eigenvalue weighted by Gasteiger charge is 2.37. The summed E-state index contributed by atoms with van der Waals surface area (Å²) in [7, 11) is 1.49. The van der Waals surface area contributed by atoms with Gasteiger partial charge in [0, 0.05) is 36.2 Å². The highest BCUT2D eigenvalue weighted by Crippen LogP contribution is 2.42. The van der Waals surface area contributed by atoms with Crippen molar-refractivity contribution in [2.24, 2.45) is 5.41 Å². The first-order valence-electron chi connectivity index (χ1n) is 12.7. The zero-order chi connectivity index (χ0) is 28.2. The van der Waals surface area contributed by atoms with Crippen molar-refractivity contribution in [2.75, 3.05) is 38.6 Å². The Morgan fingerprint density at radius 2 is 1.82 bits per heavy atom.